The highest BCUT2D eigenvalue weighted by atomic mass is 14.4. The van der Waals surface area contributed by atoms with Gasteiger partial charge in [0.25, 0.3) is 0 Å². The SMILES string of the molecule is CCC(C)=C1C(C)C1C. The molecule has 0 aromatic heterocycles. The molecule has 0 bridgehead atoms. The lowest BCUT2D eigenvalue weighted by Gasteiger charge is -1.89. The van der Waals surface area contributed by atoms with Crippen LogP contribution in [0.5, 0.6) is 0 Å². The Morgan fingerprint density at radius 1 is 1.33 bits per heavy atom. The second-order valence-corrected chi connectivity index (χ2v) is 3.17. The van der Waals surface area contributed by atoms with Gasteiger partial charge in [-0.1, -0.05) is 31.9 Å². The van der Waals surface area contributed by atoms with E-state index in [-0.39, 0.29) is 0 Å². The zero-order valence-corrected chi connectivity index (χ0v) is 6.86. The van der Waals surface area contributed by atoms with Gasteiger partial charge in [0, 0.05) is 0 Å². The van der Waals surface area contributed by atoms with Crippen LogP contribution in [0.15, 0.2) is 11.1 Å². The molecule has 1 rings (SSSR count). The van der Waals surface area contributed by atoms with Gasteiger partial charge in [-0.05, 0) is 25.2 Å². The summed E-state index contributed by atoms with van der Waals surface area (Å²) in [7, 11) is 0. The third-order valence-corrected chi connectivity index (χ3v) is 2.65. The van der Waals surface area contributed by atoms with Gasteiger partial charge in [-0.2, -0.15) is 0 Å². The van der Waals surface area contributed by atoms with E-state index in [2.05, 4.69) is 27.7 Å². The van der Waals surface area contributed by atoms with Crippen LogP contribution in [0.25, 0.3) is 0 Å². The van der Waals surface area contributed by atoms with E-state index >= 15 is 0 Å². The highest BCUT2D eigenvalue weighted by molar-refractivity contribution is 5.31. The number of rotatable bonds is 1. The zero-order chi connectivity index (χ0) is 7.02. The van der Waals surface area contributed by atoms with Gasteiger partial charge in [-0.15, -0.1) is 0 Å². The minimum atomic E-state index is 0.893. The topological polar surface area (TPSA) is 0 Å². The van der Waals surface area contributed by atoms with Gasteiger partial charge in [0.05, 0.1) is 0 Å². The molecule has 0 heterocycles. The molecule has 0 nitrogen and oxygen atoms in total. The van der Waals surface area contributed by atoms with Crippen molar-refractivity contribution in [2.45, 2.75) is 34.1 Å². The maximum atomic E-state index is 2.32. The van der Waals surface area contributed by atoms with Crippen molar-refractivity contribution in [2.24, 2.45) is 11.8 Å². The fourth-order valence-corrected chi connectivity index (χ4v) is 1.55. The van der Waals surface area contributed by atoms with E-state index in [0.29, 0.717) is 0 Å². The molecule has 0 aromatic rings. The maximum Gasteiger partial charge on any atom is -0.0163 e. The van der Waals surface area contributed by atoms with Crippen LogP contribution < -0.4 is 0 Å². The average Bonchev–Trinajstić information content (AvgIpc) is 2.40. The summed E-state index contributed by atoms with van der Waals surface area (Å²) in [6.07, 6.45) is 1.24. The number of hydrogen-bond donors (Lipinski definition) is 0. The Kier molecular flexibility index (Phi) is 1.65. The van der Waals surface area contributed by atoms with E-state index in [9.17, 15) is 0 Å². The third-order valence-electron chi connectivity index (χ3n) is 2.65. The molecule has 1 aliphatic rings. The maximum absolute atomic E-state index is 2.32. The molecule has 0 spiro atoms. The van der Waals surface area contributed by atoms with Crippen LogP contribution in [0.1, 0.15) is 34.1 Å². The van der Waals surface area contributed by atoms with E-state index in [1.807, 2.05) is 0 Å². The molecule has 0 amide bonds. The molecule has 0 N–H and O–H groups in total. The Morgan fingerprint density at radius 2 is 1.78 bits per heavy atom. The van der Waals surface area contributed by atoms with Gasteiger partial charge >= 0.3 is 0 Å². The van der Waals surface area contributed by atoms with Crippen molar-refractivity contribution in [1.29, 1.82) is 0 Å². The van der Waals surface area contributed by atoms with Gasteiger partial charge in [0.2, 0.25) is 0 Å². The summed E-state index contributed by atoms with van der Waals surface area (Å²) in [5.41, 5.74) is 3.34. The highest BCUT2D eigenvalue weighted by Gasteiger charge is 2.36. The molecule has 1 aliphatic carbocycles. The molecular weight excluding hydrogens is 108 g/mol. The minimum Gasteiger partial charge on any atom is -0.0738 e. The normalized spacial score (nSPS) is 32.7. The van der Waals surface area contributed by atoms with E-state index in [0.717, 1.165) is 11.8 Å². The summed E-state index contributed by atoms with van der Waals surface area (Å²) in [6, 6.07) is 0. The average molecular weight is 124 g/mol. The third kappa shape index (κ3) is 1.03. The molecule has 0 radical (unpaired) electrons. The Hall–Kier alpha value is -0.260. The van der Waals surface area contributed by atoms with Gasteiger partial charge in [-0.25, -0.2) is 0 Å². The molecule has 9 heavy (non-hydrogen) atoms. The van der Waals surface area contributed by atoms with Crippen molar-refractivity contribution >= 4 is 0 Å². The van der Waals surface area contributed by atoms with Gasteiger partial charge in [-0.3, -0.25) is 0 Å². The standard InChI is InChI=1S/C9H16/c1-5-6(2)9-7(3)8(9)4/h7-8H,5H2,1-4H3. The fraction of sp³-hybridized carbons (Fsp3) is 0.778. The van der Waals surface area contributed by atoms with Crippen LogP contribution in [-0.2, 0) is 0 Å². The lowest BCUT2D eigenvalue weighted by Crippen LogP contribution is -1.70. The van der Waals surface area contributed by atoms with Crippen LogP contribution in [0.3, 0.4) is 0 Å². The monoisotopic (exact) mass is 124 g/mol. The molecule has 1 saturated carbocycles. The van der Waals surface area contributed by atoms with E-state index in [1.165, 1.54) is 6.42 Å². The summed E-state index contributed by atoms with van der Waals surface area (Å²) >= 11 is 0. The van der Waals surface area contributed by atoms with Crippen molar-refractivity contribution in [3.05, 3.63) is 11.1 Å². The van der Waals surface area contributed by atoms with Crippen LogP contribution >= 0.6 is 0 Å². The Balaban J connectivity index is 2.64. The van der Waals surface area contributed by atoms with Crippen LogP contribution in [0.4, 0.5) is 0 Å². The second kappa shape index (κ2) is 2.17. The summed E-state index contributed by atoms with van der Waals surface area (Å²) in [4.78, 5) is 0. The first-order valence-corrected chi connectivity index (χ1v) is 3.88. The first-order valence-electron chi connectivity index (χ1n) is 3.88. The van der Waals surface area contributed by atoms with Crippen LogP contribution in [0.2, 0.25) is 0 Å². The van der Waals surface area contributed by atoms with Crippen molar-refractivity contribution in [3.8, 4) is 0 Å². The molecule has 0 aromatic carbocycles. The van der Waals surface area contributed by atoms with E-state index < -0.39 is 0 Å². The number of hydrogen-bond acceptors (Lipinski definition) is 0. The summed E-state index contributed by atoms with van der Waals surface area (Å²) in [5, 5.41) is 0. The highest BCUT2D eigenvalue weighted by Crippen LogP contribution is 2.47. The van der Waals surface area contributed by atoms with Crippen molar-refractivity contribution < 1.29 is 0 Å². The Labute approximate surface area is 58.0 Å². The molecule has 0 heteroatoms. The zero-order valence-electron chi connectivity index (χ0n) is 6.86. The molecule has 0 aliphatic heterocycles. The van der Waals surface area contributed by atoms with E-state index in [4.69, 9.17) is 0 Å². The van der Waals surface area contributed by atoms with Gasteiger partial charge in [0.1, 0.15) is 0 Å². The first kappa shape index (κ1) is 6.85. The van der Waals surface area contributed by atoms with Crippen LogP contribution in [-0.4, -0.2) is 0 Å². The quantitative estimate of drug-likeness (QED) is 0.471. The molecule has 1 fully saturated rings. The van der Waals surface area contributed by atoms with Gasteiger partial charge in [0.15, 0.2) is 0 Å². The molecule has 0 saturated heterocycles. The smallest absolute Gasteiger partial charge is 0.0163 e. The summed E-state index contributed by atoms with van der Waals surface area (Å²) < 4.78 is 0. The molecular formula is C9H16. The molecule has 2 atom stereocenters. The predicted octanol–water partition coefficient (Wildman–Crippen LogP) is 3.00. The molecule has 52 valence electrons. The van der Waals surface area contributed by atoms with Gasteiger partial charge < -0.3 is 0 Å². The lowest BCUT2D eigenvalue weighted by atomic mass is 10.2. The Morgan fingerprint density at radius 3 is 1.89 bits per heavy atom. The Bertz CT molecular complexity index is 132. The number of allylic oxidation sites excluding steroid dienone is 2. The van der Waals surface area contributed by atoms with Crippen molar-refractivity contribution in [2.75, 3.05) is 0 Å². The second-order valence-electron chi connectivity index (χ2n) is 3.17. The minimum absolute atomic E-state index is 0.893. The van der Waals surface area contributed by atoms with Crippen molar-refractivity contribution in [1.82, 2.24) is 0 Å². The van der Waals surface area contributed by atoms with E-state index in [1.54, 1.807) is 11.1 Å². The van der Waals surface area contributed by atoms with Crippen molar-refractivity contribution in [3.63, 3.8) is 0 Å². The fourth-order valence-electron chi connectivity index (χ4n) is 1.55. The first-order chi connectivity index (χ1) is 4.18. The van der Waals surface area contributed by atoms with Crippen LogP contribution in [0, 0.1) is 11.8 Å². The molecule has 2 unspecified atom stereocenters. The largest absolute Gasteiger partial charge is 0.0738 e. The predicted molar refractivity (Wildman–Crippen MR) is 41.3 cm³/mol. The lowest BCUT2D eigenvalue weighted by molar-refractivity contribution is 0.834. The summed E-state index contributed by atoms with van der Waals surface area (Å²) in [6.45, 7) is 9.13. The summed E-state index contributed by atoms with van der Waals surface area (Å²) in [5.74, 6) is 1.79.